The maximum absolute atomic E-state index is 12.3. The van der Waals surface area contributed by atoms with Gasteiger partial charge in [-0.05, 0) is 12.8 Å². The molecule has 1 saturated carbocycles. The number of methoxy groups -OCH3 is 1. The van der Waals surface area contributed by atoms with Crippen LogP contribution < -0.4 is 5.73 Å². The summed E-state index contributed by atoms with van der Waals surface area (Å²) in [6.45, 7) is 1.54. The topological polar surface area (TPSA) is 64.8 Å². The molecular weight excluding hydrogens is 256 g/mol. The van der Waals surface area contributed by atoms with Crippen LogP contribution in [0.1, 0.15) is 25.7 Å². The number of nitrogens with two attached hydrogens (primary N) is 1. The van der Waals surface area contributed by atoms with Crippen LogP contribution in [0.15, 0.2) is 0 Å². The molecule has 1 aliphatic carbocycles. The highest BCUT2D eigenvalue weighted by molar-refractivity contribution is 5.85. The van der Waals surface area contributed by atoms with Crippen molar-refractivity contribution < 1.29 is 14.3 Å². The highest BCUT2D eigenvalue weighted by atomic mass is 35.5. The fourth-order valence-corrected chi connectivity index (χ4v) is 2.85. The number of nitrogens with zero attached hydrogens (tertiary/aromatic N) is 1. The van der Waals surface area contributed by atoms with Crippen molar-refractivity contribution in [3.8, 4) is 0 Å². The molecule has 1 aliphatic heterocycles. The molecule has 5 nitrogen and oxygen atoms in total. The second kappa shape index (κ2) is 7.28. The Labute approximate surface area is 114 Å². The van der Waals surface area contributed by atoms with Crippen molar-refractivity contribution >= 4 is 18.3 Å². The van der Waals surface area contributed by atoms with Gasteiger partial charge in [-0.3, -0.25) is 4.79 Å². The van der Waals surface area contributed by atoms with E-state index in [2.05, 4.69) is 0 Å². The van der Waals surface area contributed by atoms with Crippen LogP contribution in [0, 0.1) is 0 Å². The molecule has 2 fully saturated rings. The fourth-order valence-electron chi connectivity index (χ4n) is 2.85. The average Bonchev–Trinajstić information content (AvgIpc) is 2.39. The molecule has 2 rings (SSSR count). The van der Waals surface area contributed by atoms with Crippen LogP contribution in [0.5, 0.6) is 0 Å². The number of morpholine rings is 1. The average molecular weight is 279 g/mol. The molecule has 1 heterocycles. The van der Waals surface area contributed by atoms with Crippen molar-refractivity contribution in [2.75, 3.05) is 26.8 Å². The quantitative estimate of drug-likeness (QED) is 0.819. The highest BCUT2D eigenvalue weighted by Gasteiger charge is 2.38. The zero-order valence-corrected chi connectivity index (χ0v) is 11.7. The van der Waals surface area contributed by atoms with Crippen LogP contribution in [0.25, 0.3) is 0 Å². The summed E-state index contributed by atoms with van der Waals surface area (Å²) in [5, 5.41) is 0. The molecule has 0 bridgehead atoms. The predicted octanol–water partition coefficient (Wildman–Crippen LogP) is 0.552. The van der Waals surface area contributed by atoms with Crippen LogP contribution in [-0.2, 0) is 14.3 Å². The lowest BCUT2D eigenvalue weighted by Gasteiger charge is -2.44. The lowest BCUT2D eigenvalue weighted by atomic mass is 9.90. The molecule has 0 spiro atoms. The van der Waals surface area contributed by atoms with Gasteiger partial charge in [0.1, 0.15) is 6.10 Å². The van der Waals surface area contributed by atoms with Gasteiger partial charge in [-0.1, -0.05) is 12.8 Å². The summed E-state index contributed by atoms with van der Waals surface area (Å²) in [6.07, 6.45) is 4.20. The third kappa shape index (κ3) is 3.15. The van der Waals surface area contributed by atoms with Gasteiger partial charge >= 0.3 is 0 Å². The molecule has 0 aromatic heterocycles. The molecule has 0 radical (unpaired) electrons. The second-order valence-electron chi connectivity index (χ2n) is 4.75. The zero-order chi connectivity index (χ0) is 12.3. The summed E-state index contributed by atoms with van der Waals surface area (Å²) in [4.78, 5) is 14.2. The van der Waals surface area contributed by atoms with Crippen LogP contribution in [0.3, 0.4) is 0 Å². The molecule has 6 heteroatoms. The smallest absolute Gasteiger partial charge is 0.253 e. The predicted molar refractivity (Wildman–Crippen MR) is 70.8 cm³/mol. The number of ether oxygens (including phenoxy) is 2. The lowest BCUT2D eigenvalue weighted by molar-refractivity contribution is -0.159. The number of rotatable bonds is 3. The standard InChI is InChI=1S/C12H22N2O3.ClH/c1-16-11(8-13)12(15)14-6-7-17-10-5-3-2-4-9(10)14;/h9-11H,2-8,13H2,1H3;1H. The molecule has 3 atom stereocenters. The number of fused-ring (bicyclic) bond motifs is 1. The van der Waals surface area contributed by atoms with Crippen molar-refractivity contribution in [2.45, 2.75) is 43.9 Å². The van der Waals surface area contributed by atoms with Crippen molar-refractivity contribution in [3.63, 3.8) is 0 Å². The summed E-state index contributed by atoms with van der Waals surface area (Å²) in [7, 11) is 1.54. The molecule has 2 aliphatic rings. The summed E-state index contributed by atoms with van der Waals surface area (Å²) >= 11 is 0. The fraction of sp³-hybridized carbons (Fsp3) is 0.917. The Balaban J connectivity index is 0.00000162. The van der Waals surface area contributed by atoms with Crippen LogP contribution >= 0.6 is 12.4 Å². The van der Waals surface area contributed by atoms with Gasteiger partial charge in [-0.2, -0.15) is 0 Å². The van der Waals surface area contributed by atoms with Crippen molar-refractivity contribution in [1.82, 2.24) is 4.90 Å². The van der Waals surface area contributed by atoms with Gasteiger partial charge in [0.25, 0.3) is 5.91 Å². The first kappa shape index (κ1) is 15.7. The molecule has 1 saturated heterocycles. The monoisotopic (exact) mass is 278 g/mol. The minimum Gasteiger partial charge on any atom is -0.374 e. The molecule has 0 aromatic rings. The number of hydrogen-bond donors (Lipinski definition) is 1. The van der Waals surface area contributed by atoms with Crippen LogP contribution in [0.2, 0.25) is 0 Å². The Morgan fingerprint density at radius 2 is 2.22 bits per heavy atom. The SMILES string of the molecule is COC(CN)C(=O)N1CCOC2CCCCC21.Cl. The first-order chi connectivity index (χ1) is 8.27. The van der Waals surface area contributed by atoms with Gasteiger partial charge in [0.2, 0.25) is 0 Å². The van der Waals surface area contributed by atoms with E-state index in [1.165, 1.54) is 20.0 Å². The minimum absolute atomic E-state index is 0. The minimum atomic E-state index is -0.504. The molecule has 0 aromatic carbocycles. The summed E-state index contributed by atoms with van der Waals surface area (Å²) in [5.74, 6) is 0.0233. The molecule has 18 heavy (non-hydrogen) atoms. The summed E-state index contributed by atoms with van der Waals surface area (Å²) in [5.41, 5.74) is 5.56. The summed E-state index contributed by atoms with van der Waals surface area (Å²) in [6, 6.07) is 0.231. The number of carbonyl (C=O) groups excluding carboxylic acids is 1. The van der Waals surface area contributed by atoms with Gasteiger partial charge < -0.3 is 20.1 Å². The second-order valence-corrected chi connectivity index (χ2v) is 4.75. The van der Waals surface area contributed by atoms with E-state index in [0.717, 1.165) is 12.8 Å². The Hall–Kier alpha value is -0.360. The van der Waals surface area contributed by atoms with Crippen molar-refractivity contribution in [2.24, 2.45) is 5.73 Å². The third-order valence-corrected chi connectivity index (χ3v) is 3.79. The van der Waals surface area contributed by atoms with Crippen LogP contribution in [-0.4, -0.2) is 55.9 Å². The van der Waals surface area contributed by atoms with E-state index in [-0.39, 0.29) is 37.0 Å². The van der Waals surface area contributed by atoms with Gasteiger partial charge in [-0.25, -0.2) is 0 Å². The Morgan fingerprint density at radius 3 is 2.89 bits per heavy atom. The lowest BCUT2D eigenvalue weighted by Crippen LogP contribution is -2.58. The van der Waals surface area contributed by atoms with Crippen molar-refractivity contribution in [1.29, 1.82) is 0 Å². The first-order valence-electron chi connectivity index (χ1n) is 6.43. The van der Waals surface area contributed by atoms with E-state index >= 15 is 0 Å². The van der Waals surface area contributed by atoms with Gasteiger partial charge in [0.05, 0.1) is 18.8 Å². The highest BCUT2D eigenvalue weighted by Crippen LogP contribution is 2.28. The van der Waals surface area contributed by atoms with Gasteiger partial charge in [-0.15, -0.1) is 12.4 Å². The molecule has 2 N–H and O–H groups in total. The first-order valence-corrected chi connectivity index (χ1v) is 6.43. The van der Waals surface area contributed by atoms with E-state index in [1.54, 1.807) is 0 Å². The Kier molecular flexibility index (Phi) is 6.35. The molecule has 3 unspecified atom stereocenters. The maximum Gasteiger partial charge on any atom is 0.253 e. The van der Waals surface area contributed by atoms with E-state index in [9.17, 15) is 4.79 Å². The van der Waals surface area contributed by atoms with E-state index < -0.39 is 6.10 Å². The Bertz CT molecular complexity index is 272. The Morgan fingerprint density at radius 1 is 1.50 bits per heavy atom. The largest absolute Gasteiger partial charge is 0.374 e. The number of halogens is 1. The normalized spacial score (nSPS) is 29.1. The number of amides is 1. The van der Waals surface area contributed by atoms with E-state index in [4.69, 9.17) is 15.2 Å². The molecule has 1 amide bonds. The van der Waals surface area contributed by atoms with Gasteiger partial charge in [0.15, 0.2) is 0 Å². The van der Waals surface area contributed by atoms with E-state index in [1.807, 2.05) is 4.90 Å². The summed E-state index contributed by atoms with van der Waals surface area (Å²) < 4.78 is 10.9. The van der Waals surface area contributed by atoms with Crippen molar-refractivity contribution in [3.05, 3.63) is 0 Å². The van der Waals surface area contributed by atoms with Gasteiger partial charge in [0, 0.05) is 20.2 Å². The molecular formula is C12H23ClN2O3. The maximum atomic E-state index is 12.3. The zero-order valence-electron chi connectivity index (χ0n) is 10.8. The van der Waals surface area contributed by atoms with E-state index in [0.29, 0.717) is 13.2 Å². The number of hydrogen-bond acceptors (Lipinski definition) is 4. The molecule has 106 valence electrons. The van der Waals surface area contributed by atoms with Crippen LogP contribution in [0.4, 0.5) is 0 Å². The number of carbonyl (C=O) groups is 1. The third-order valence-electron chi connectivity index (χ3n) is 3.79.